The Balaban J connectivity index is 1.90. The first kappa shape index (κ1) is 21.2. The normalized spacial score (nSPS) is 16.4. The molecule has 3 aromatic rings. The maximum Gasteiger partial charge on any atom is 0.290 e. The first-order valence-electron chi connectivity index (χ1n) is 10.4. The van der Waals surface area contributed by atoms with E-state index in [0.717, 1.165) is 11.1 Å². The first-order valence-corrected chi connectivity index (χ1v) is 10.4. The summed E-state index contributed by atoms with van der Waals surface area (Å²) in [5, 5.41) is 0.150. The number of likely N-dealkylation sites (N-methyl/N-ethyl adjacent to an activating group) is 1. The number of amides is 1. The first-order chi connectivity index (χ1) is 14.6. The van der Waals surface area contributed by atoms with Crippen LogP contribution in [0.25, 0.3) is 11.0 Å². The van der Waals surface area contributed by atoms with Crippen LogP contribution in [0.1, 0.15) is 54.1 Å². The van der Waals surface area contributed by atoms with Crippen molar-refractivity contribution in [2.75, 3.05) is 27.2 Å². The van der Waals surface area contributed by atoms with Crippen molar-refractivity contribution in [1.82, 2.24) is 9.80 Å². The zero-order valence-electron chi connectivity index (χ0n) is 18.5. The molecule has 1 atom stereocenters. The van der Waals surface area contributed by atoms with Gasteiger partial charge in [-0.25, -0.2) is 4.39 Å². The van der Waals surface area contributed by atoms with Crippen LogP contribution in [-0.2, 0) is 5.41 Å². The Hall–Kier alpha value is -2.99. The van der Waals surface area contributed by atoms with Crippen LogP contribution in [0.15, 0.2) is 51.7 Å². The van der Waals surface area contributed by atoms with E-state index in [1.165, 1.54) is 18.2 Å². The van der Waals surface area contributed by atoms with Gasteiger partial charge >= 0.3 is 0 Å². The second-order valence-corrected chi connectivity index (χ2v) is 9.39. The number of fused-ring (bicyclic) bond motifs is 2. The maximum absolute atomic E-state index is 13.8. The topological polar surface area (TPSA) is 53.8 Å². The second-order valence-electron chi connectivity index (χ2n) is 9.39. The predicted molar refractivity (Wildman–Crippen MR) is 119 cm³/mol. The number of carbonyl (C=O) groups is 1. The number of hydrogen-bond donors (Lipinski definition) is 0. The van der Waals surface area contributed by atoms with Gasteiger partial charge in [-0.3, -0.25) is 9.59 Å². The lowest BCUT2D eigenvalue weighted by molar-refractivity contribution is 0.0716. The molecule has 0 spiro atoms. The second kappa shape index (κ2) is 7.61. The van der Waals surface area contributed by atoms with E-state index >= 15 is 0 Å². The Bertz CT molecular complexity index is 1210. The van der Waals surface area contributed by atoms with Gasteiger partial charge in [-0.1, -0.05) is 45.0 Å². The highest BCUT2D eigenvalue weighted by Gasteiger charge is 2.42. The Morgan fingerprint density at radius 3 is 2.35 bits per heavy atom. The molecule has 1 aromatic heterocycles. The molecule has 2 aromatic carbocycles. The van der Waals surface area contributed by atoms with Crippen LogP contribution in [0, 0.1) is 5.82 Å². The minimum atomic E-state index is -0.569. The minimum Gasteiger partial charge on any atom is -0.450 e. The molecule has 0 saturated heterocycles. The molecular formula is C25H27FN2O3. The highest BCUT2D eigenvalue weighted by molar-refractivity contribution is 5.99. The smallest absolute Gasteiger partial charge is 0.290 e. The van der Waals surface area contributed by atoms with Crippen molar-refractivity contribution in [3.63, 3.8) is 0 Å². The van der Waals surface area contributed by atoms with Gasteiger partial charge in [-0.15, -0.1) is 0 Å². The fourth-order valence-electron chi connectivity index (χ4n) is 4.04. The van der Waals surface area contributed by atoms with E-state index in [9.17, 15) is 14.0 Å². The molecule has 31 heavy (non-hydrogen) atoms. The lowest BCUT2D eigenvalue weighted by atomic mass is 9.86. The summed E-state index contributed by atoms with van der Waals surface area (Å²) in [5.74, 6) is -0.780. The summed E-state index contributed by atoms with van der Waals surface area (Å²) in [7, 11) is 3.86. The molecule has 0 bridgehead atoms. The number of rotatable bonds is 4. The largest absolute Gasteiger partial charge is 0.450 e. The lowest BCUT2D eigenvalue weighted by Gasteiger charge is -2.27. The Morgan fingerprint density at radius 2 is 1.74 bits per heavy atom. The molecule has 0 saturated carbocycles. The van der Waals surface area contributed by atoms with Gasteiger partial charge in [-0.2, -0.15) is 0 Å². The number of hydrogen-bond acceptors (Lipinski definition) is 4. The molecule has 0 fully saturated rings. The Morgan fingerprint density at radius 1 is 1.06 bits per heavy atom. The van der Waals surface area contributed by atoms with Crippen LogP contribution < -0.4 is 5.43 Å². The van der Waals surface area contributed by atoms with E-state index in [1.54, 1.807) is 4.90 Å². The van der Waals surface area contributed by atoms with Gasteiger partial charge in [0.2, 0.25) is 5.76 Å². The van der Waals surface area contributed by atoms with Crippen LogP contribution >= 0.6 is 0 Å². The molecule has 2 heterocycles. The lowest BCUT2D eigenvalue weighted by Crippen LogP contribution is -2.35. The SMILES string of the molecule is CN(C)CCN1C(=O)c2oc3ccc(F)cc3c(=O)c2C1c1ccc(C(C)(C)C)cc1. The van der Waals surface area contributed by atoms with E-state index < -0.39 is 11.9 Å². The molecular weight excluding hydrogens is 395 g/mol. The third kappa shape index (κ3) is 3.76. The molecule has 1 amide bonds. The van der Waals surface area contributed by atoms with Gasteiger partial charge in [0.05, 0.1) is 17.0 Å². The van der Waals surface area contributed by atoms with E-state index in [1.807, 2.05) is 43.3 Å². The molecule has 5 nitrogen and oxygen atoms in total. The summed E-state index contributed by atoms with van der Waals surface area (Å²) in [6.45, 7) is 7.48. The van der Waals surface area contributed by atoms with Crippen LogP contribution in [0.3, 0.4) is 0 Å². The van der Waals surface area contributed by atoms with Crippen molar-refractivity contribution < 1.29 is 13.6 Å². The van der Waals surface area contributed by atoms with Crippen LogP contribution in [0.2, 0.25) is 0 Å². The number of benzene rings is 2. The molecule has 1 unspecified atom stereocenters. The molecule has 4 rings (SSSR count). The molecule has 1 aliphatic rings. The zero-order valence-corrected chi connectivity index (χ0v) is 18.5. The molecule has 0 radical (unpaired) electrons. The molecule has 6 heteroatoms. The van der Waals surface area contributed by atoms with E-state index in [2.05, 4.69) is 20.8 Å². The van der Waals surface area contributed by atoms with Crippen molar-refractivity contribution >= 4 is 16.9 Å². The van der Waals surface area contributed by atoms with Gasteiger partial charge in [-0.05, 0) is 48.8 Å². The van der Waals surface area contributed by atoms with Crippen molar-refractivity contribution in [2.45, 2.75) is 32.2 Å². The van der Waals surface area contributed by atoms with E-state index in [4.69, 9.17) is 4.42 Å². The molecule has 0 aliphatic carbocycles. The molecule has 0 N–H and O–H groups in total. The Labute approximate surface area is 181 Å². The van der Waals surface area contributed by atoms with Crippen LogP contribution in [0.4, 0.5) is 4.39 Å². The van der Waals surface area contributed by atoms with Gasteiger partial charge in [0.25, 0.3) is 5.91 Å². The van der Waals surface area contributed by atoms with Crippen molar-refractivity contribution in [2.24, 2.45) is 0 Å². The summed E-state index contributed by atoms with van der Waals surface area (Å²) < 4.78 is 19.7. The fraction of sp³-hybridized carbons (Fsp3) is 0.360. The summed E-state index contributed by atoms with van der Waals surface area (Å²) in [4.78, 5) is 30.3. The number of halogens is 1. The maximum atomic E-state index is 13.8. The van der Waals surface area contributed by atoms with Crippen molar-refractivity contribution in [3.05, 3.63) is 81.0 Å². The fourth-order valence-corrected chi connectivity index (χ4v) is 4.04. The quantitative estimate of drug-likeness (QED) is 0.628. The Kier molecular flexibility index (Phi) is 5.21. The zero-order chi connectivity index (χ0) is 22.5. The van der Waals surface area contributed by atoms with Crippen molar-refractivity contribution in [3.8, 4) is 0 Å². The van der Waals surface area contributed by atoms with Crippen LogP contribution in [-0.4, -0.2) is 42.9 Å². The minimum absolute atomic E-state index is 0.0146. The average Bonchev–Trinajstić information content (AvgIpc) is 2.98. The predicted octanol–water partition coefficient (Wildman–Crippen LogP) is 4.34. The van der Waals surface area contributed by atoms with Gasteiger partial charge in [0, 0.05) is 13.1 Å². The summed E-state index contributed by atoms with van der Waals surface area (Å²) in [5.41, 5.74) is 2.12. The third-order valence-electron chi connectivity index (χ3n) is 5.81. The molecule has 162 valence electrons. The summed E-state index contributed by atoms with van der Waals surface area (Å²) in [6.07, 6.45) is 0. The highest BCUT2D eigenvalue weighted by atomic mass is 19.1. The summed E-state index contributed by atoms with van der Waals surface area (Å²) >= 11 is 0. The van der Waals surface area contributed by atoms with E-state index in [-0.39, 0.29) is 39.0 Å². The van der Waals surface area contributed by atoms with Crippen LogP contribution in [0.5, 0.6) is 0 Å². The average molecular weight is 423 g/mol. The van der Waals surface area contributed by atoms with E-state index in [0.29, 0.717) is 13.1 Å². The van der Waals surface area contributed by atoms with Gasteiger partial charge in [0.15, 0.2) is 5.43 Å². The number of nitrogens with zero attached hydrogens (tertiary/aromatic N) is 2. The third-order valence-corrected chi connectivity index (χ3v) is 5.81. The monoisotopic (exact) mass is 422 g/mol. The highest BCUT2D eigenvalue weighted by Crippen LogP contribution is 2.38. The van der Waals surface area contributed by atoms with Gasteiger partial charge < -0.3 is 14.2 Å². The standard InChI is InChI=1S/C25H27FN2O3/c1-25(2,3)16-8-6-15(7-9-16)21-20-22(29)18-14-17(26)10-11-19(18)31-23(20)24(30)28(21)13-12-27(4)5/h6-11,14,21H,12-13H2,1-5H3. The summed E-state index contributed by atoms with van der Waals surface area (Å²) in [6, 6.07) is 11.2. The van der Waals surface area contributed by atoms with Gasteiger partial charge in [0.1, 0.15) is 11.4 Å². The van der Waals surface area contributed by atoms with Crippen molar-refractivity contribution in [1.29, 1.82) is 0 Å². The molecule has 1 aliphatic heterocycles. The number of carbonyl (C=O) groups excluding carboxylic acids is 1.